The van der Waals surface area contributed by atoms with Gasteiger partial charge in [0.2, 0.25) is 17.6 Å². The van der Waals surface area contributed by atoms with Crippen LogP contribution in [0, 0.1) is 23.5 Å². The highest BCUT2D eigenvalue weighted by Gasteiger charge is 2.44. The van der Waals surface area contributed by atoms with Crippen LogP contribution in [0.25, 0.3) is 11.4 Å². The largest absolute Gasteiger partial charge is 0.337 e. The summed E-state index contributed by atoms with van der Waals surface area (Å²) in [6.45, 7) is 2.77. The van der Waals surface area contributed by atoms with Crippen molar-refractivity contribution in [3.8, 4) is 11.4 Å². The second kappa shape index (κ2) is 6.20. The molecule has 0 unspecified atom stereocenters. The Morgan fingerprint density at radius 3 is 2.80 bits per heavy atom. The quantitative estimate of drug-likeness (QED) is 0.849. The molecule has 5 nitrogen and oxygen atoms in total. The molecule has 0 bridgehead atoms. The lowest BCUT2D eigenvalue weighted by Crippen LogP contribution is -2.39. The Labute approximate surface area is 144 Å². The van der Waals surface area contributed by atoms with E-state index in [0.717, 1.165) is 37.8 Å². The van der Waals surface area contributed by atoms with Crippen molar-refractivity contribution >= 4 is 5.91 Å². The van der Waals surface area contributed by atoms with E-state index in [1.807, 2.05) is 4.90 Å². The van der Waals surface area contributed by atoms with Crippen LogP contribution >= 0.6 is 0 Å². The molecular weight excluding hydrogens is 328 g/mol. The number of piperidine rings is 1. The number of carbonyl (C=O) groups is 1. The van der Waals surface area contributed by atoms with E-state index in [1.54, 1.807) is 0 Å². The average molecular weight is 347 g/mol. The maximum Gasteiger partial charge on any atom is 0.249 e. The van der Waals surface area contributed by atoms with Gasteiger partial charge in [-0.15, -0.1) is 0 Å². The van der Waals surface area contributed by atoms with Crippen LogP contribution in [0.5, 0.6) is 0 Å². The highest BCUT2D eigenvalue weighted by molar-refractivity contribution is 5.82. The van der Waals surface area contributed by atoms with Crippen molar-refractivity contribution in [2.24, 2.45) is 11.8 Å². The highest BCUT2D eigenvalue weighted by Crippen LogP contribution is 2.42. The molecule has 0 spiro atoms. The lowest BCUT2D eigenvalue weighted by molar-refractivity contribution is -0.137. The third kappa shape index (κ3) is 3.03. The third-order valence-electron chi connectivity index (χ3n) is 5.12. The minimum Gasteiger partial charge on any atom is -0.337 e. The summed E-state index contributed by atoms with van der Waals surface area (Å²) in [6, 6.07) is 3.24. The van der Waals surface area contributed by atoms with Crippen molar-refractivity contribution in [2.75, 3.05) is 6.54 Å². The molecule has 4 rings (SSSR count). The molecule has 1 aliphatic heterocycles. The monoisotopic (exact) mass is 347 g/mol. The maximum atomic E-state index is 13.4. The van der Waals surface area contributed by atoms with Gasteiger partial charge in [0.05, 0.1) is 0 Å². The summed E-state index contributed by atoms with van der Waals surface area (Å²) < 4.78 is 31.9. The van der Waals surface area contributed by atoms with E-state index in [2.05, 4.69) is 17.1 Å². The van der Waals surface area contributed by atoms with Gasteiger partial charge in [-0.05, 0) is 49.8 Å². The second-order valence-corrected chi connectivity index (χ2v) is 6.95. The van der Waals surface area contributed by atoms with Crippen LogP contribution < -0.4 is 0 Å². The lowest BCUT2D eigenvalue weighted by atomic mass is 10.0. The fraction of sp³-hybridized carbons (Fsp3) is 0.500. The molecule has 3 atom stereocenters. The van der Waals surface area contributed by atoms with Gasteiger partial charge < -0.3 is 9.42 Å². The number of carbonyl (C=O) groups excluding carboxylic acids is 1. The molecule has 1 amide bonds. The number of halogens is 2. The van der Waals surface area contributed by atoms with Crippen molar-refractivity contribution in [3.05, 3.63) is 35.7 Å². The van der Waals surface area contributed by atoms with Gasteiger partial charge in [0.25, 0.3) is 0 Å². The fourth-order valence-electron chi connectivity index (χ4n) is 3.45. The lowest BCUT2D eigenvalue weighted by Gasteiger charge is -2.33. The molecular formula is C18H19F2N3O2. The normalized spacial score (nSPS) is 25.9. The topological polar surface area (TPSA) is 59.2 Å². The molecule has 2 aromatic rings. The first-order chi connectivity index (χ1) is 12.0. The molecule has 2 heterocycles. The Bertz CT molecular complexity index is 807. The van der Waals surface area contributed by atoms with E-state index < -0.39 is 11.6 Å². The Morgan fingerprint density at radius 2 is 2.08 bits per heavy atom. The van der Waals surface area contributed by atoms with Gasteiger partial charge in [0.15, 0.2) is 11.6 Å². The zero-order chi connectivity index (χ0) is 17.6. The smallest absolute Gasteiger partial charge is 0.249 e. The molecule has 132 valence electrons. The standard InChI is InChI=1S/C18H19F2N3O2/c1-10-8-12(10)18(24)23-7-3-2-4-15(23)17-21-16(22-25-17)11-5-6-13(19)14(20)9-11/h5-6,9-10,12,15H,2-4,7-8H2,1H3/t10-,12-,15-/m1/s1. The molecule has 2 fully saturated rings. The summed E-state index contributed by atoms with van der Waals surface area (Å²) in [4.78, 5) is 18.9. The van der Waals surface area contributed by atoms with Gasteiger partial charge in [-0.25, -0.2) is 8.78 Å². The number of aromatic nitrogens is 2. The Balaban J connectivity index is 1.59. The molecule has 1 saturated heterocycles. The third-order valence-corrected chi connectivity index (χ3v) is 5.12. The summed E-state index contributed by atoms with van der Waals surface area (Å²) in [5, 5.41) is 3.89. The number of rotatable bonds is 3. The predicted molar refractivity (Wildman–Crippen MR) is 85.2 cm³/mol. The zero-order valence-electron chi connectivity index (χ0n) is 13.9. The van der Waals surface area contributed by atoms with Crippen LogP contribution in [0.2, 0.25) is 0 Å². The number of hydrogen-bond acceptors (Lipinski definition) is 4. The van der Waals surface area contributed by atoms with Crippen LogP contribution in [0.1, 0.15) is 44.5 Å². The van der Waals surface area contributed by atoms with Crippen molar-refractivity contribution in [3.63, 3.8) is 0 Å². The zero-order valence-corrected chi connectivity index (χ0v) is 13.9. The van der Waals surface area contributed by atoms with Gasteiger partial charge in [0.1, 0.15) is 6.04 Å². The molecule has 1 aliphatic carbocycles. The number of benzene rings is 1. The number of nitrogens with zero attached hydrogens (tertiary/aromatic N) is 3. The average Bonchev–Trinajstić information content (AvgIpc) is 3.15. The summed E-state index contributed by atoms with van der Waals surface area (Å²) >= 11 is 0. The Kier molecular flexibility index (Phi) is 4.01. The SMILES string of the molecule is C[C@@H]1C[C@H]1C(=O)N1CCCC[C@@H]1c1nc(-c2ccc(F)c(F)c2)no1. The molecule has 0 radical (unpaired) electrons. The van der Waals surface area contributed by atoms with Crippen molar-refractivity contribution in [1.82, 2.24) is 15.0 Å². The van der Waals surface area contributed by atoms with Gasteiger partial charge in [-0.1, -0.05) is 12.1 Å². The number of likely N-dealkylation sites (tertiary alicyclic amines) is 1. The minimum atomic E-state index is -0.957. The first-order valence-electron chi connectivity index (χ1n) is 8.64. The van der Waals surface area contributed by atoms with Gasteiger partial charge in [0, 0.05) is 18.0 Å². The second-order valence-electron chi connectivity index (χ2n) is 6.95. The van der Waals surface area contributed by atoms with Crippen LogP contribution in [-0.4, -0.2) is 27.5 Å². The Hall–Kier alpha value is -2.31. The van der Waals surface area contributed by atoms with Crippen LogP contribution in [-0.2, 0) is 4.79 Å². The predicted octanol–water partition coefficient (Wildman–Crippen LogP) is 3.72. The summed E-state index contributed by atoms with van der Waals surface area (Å²) in [5.74, 6) is -0.613. The molecule has 2 aliphatic rings. The van der Waals surface area contributed by atoms with E-state index in [4.69, 9.17) is 4.52 Å². The van der Waals surface area contributed by atoms with Crippen molar-refractivity contribution in [1.29, 1.82) is 0 Å². The summed E-state index contributed by atoms with van der Waals surface area (Å²) in [6.07, 6.45) is 3.66. The summed E-state index contributed by atoms with van der Waals surface area (Å²) in [7, 11) is 0. The molecule has 1 aromatic carbocycles. The maximum absolute atomic E-state index is 13.4. The fourth-order valence-corrected chi connectivity index (χ4v) is 3.45. The minimum absolute atomic E-state index is 0.106. The highest BCUT2D eigenvalue weighted by atomic mass is 19.2. The number of hydrogen-bond donors (Lipinski definition) is 0. The molecule has 1 aromatic heterocycles. The first kappa shape index (κ1) is 16.2. The van der Waals surface area contributed by atoms with Gasteiger partial charge >= 0.3 is 0 Å². The van der Waals surface area contributed by atoms with Crippen LogP contribution in [0.15, 0.2) is 22.7 Å². The van der Waals surface area contributed by atoms with Crippen molar-refractivity contribution < 1.29 is 18.1 Å². The van der Waals surface area contributed by atoms with Crippen LogP contribution in [0.3, 0.4) is 0 Å². The molecule has 1 saturated carbocycles. The van der Waals surface area contributed by atoms with E-state index in [-0.39, 0.29) is 23.7 Å². The Morgan fingerprint density at radius 1 is 1.28 bits per heavy atom. The number of amides is 1. The molecule has 0 N–H and O–H groups in total. The van der Waals surface area contributed by atoms with Crippen LogP contribution in [0.4, 0.5) is 8.78 Å². The van der Waals surface area contributed by atoms with Crippen molar-refractivity contribution in [2.45, 2.75) is 38.6 Å². The van der Waals surface area contributed by atoms with E-state index in [9.17, 15) is 13.6 Å². The van der Waals surface area contributed by atoms with E-state index in [0.29, 0.717) is 23.9 Å². The first-order valence-corrected chi connectivity index (χ1v) is 8.64. The van der Waals surface area contributed by atoms with Gasteiger partial charge in [-0.3, -0.25) is 4.79 Å². The van der Waals surface area contributed by atoms with E-state index >= 15 is 0 Å². The molecule has 25 heavy (non-hydrogen) atoms. The molecule has 7 heteroatoms. The van der Waals surface area contributed by atoms with E-state index in [1.165, 1.54) is 6.07 Å². The summed E-state index contributed by atoms with van der Waals surface area (Å²) in [5.41, 5.74) is 0.346. The van der Waals surface area contributed by atoms with Gasteiger partial charge in [-0.2, -0.15) is 4.98 Å².